The molecule has 0 heterocycles. The highest BCUT2D eigenvalue weighted by atomic mass is 79.9. The van der Waals surface area contributed by atoms with E-state index in [-0.39, 0.29) is 6.61 Å². The zero-order valence-electron chi connectivity index (χ0n) is 16.4. The third-order valence-electron chi connectivity index (χ3n) is 4.19. The van der Waals surface area contributed by atoms with Crippen LogP contribution in [0.25, 0.3) is 0 Å². The molecule has 8 heteroatoms. The van der Waals surface area contributed by atoms with E-state index < -0.39 is 11.8 Å². The van der Waals surface area contributed by atoms with Gasteiger partial charge in [-0.1, -0.05) is 41.9 Å². The Morgan fingerprint density at radius 3 is 2.35 bits per heavy atom. The molecule has 0 atom stereocenters. The smallest absolute Gasteiger partial charge is 0.276 e. The number of halogens is 2. The van der Waals surface area contributed by atoms with Gasteiger partial charge in [0.2, 0.25) is 0 Å². The van der Waals surface area contributed by atoms with Crippen LogP contribution in [0.2, 0.25) is 5.02 Å². The van der Waals surface area contributed by atoms with Crippen LogP contribution < -0.4 is 20.3 Å². The Hall–Kier alpha value is -3.03. The topological polar surface area (TPSA) is 76.7 Å². The summed E-state index contributed by atoms with van der Waals surface area (Å²) in [5, 5.41) is 0.545. The molecule has 0 aliphatic heterocycles. The van der Waals surface area contributed by atoms with Crippen molar-refractivity contribution in [3.8, 4) is 11.5 Å². The molecule has 0 aliphatic carbocycles. The Kier molecular flexibility index (Phi) is 8.32. The quantitative estimate of drug-likeness (QED) is 0.442. The van der Waals surface area contributed by atoms with Crippen molar-refractivity contribution in [1.82, 2.24) is 10.9 Å². The van der Waals surface area contributed by atoms with Crippen LogP contribution in [0.5, 0.6) is 11.5 Å². The van der Waals surface area contributed by atoms with Crippen LogP contribution >= 0.6 is 27.5 Å². The monoisotopic (exact) mass is 502 g/mol. The maximum atomic E-state index is 12.2. The predicted molar refractivity (Wildman–Crippen MR) is 122 cm³/mol. The van der Waals surface area contributed by atoms with Gasteiger partial charge >= 0.3 is 0 Å². The first-order valence-electron chi connectivity index (χ1n) is 9.45. The highest BCUT2D eigenvalue weighted by Crippen LogP contribution is 2.27. The third kappa shape index (κ3) is 7.31. The van der Waals surface area contributed by atoms with E-state index in [4.69, 9.17) is 21.1 Å². The first-order valence-corrected chi connectivity index (χ1v) is 10.6. The van der Waals surface area contributed by atoms with Crippen LogP contribution in [0, 0.1) is 0 Å². The van der Waals surface area contributed by atoms with Crippen LogP contribution in [-0.2, 0) is 11.2 Å². The maximum Gasteiger partial charge on any atom is 0.276 e. The second-order valence-electron chi connectivity index (χ2n) is 6.47. The van der Waals surface area contributed by atoms with E-state index in [2.05, 4.69) is 26.8 Å². The Balaban J connectivity index is 1.40. The van der Waals surface area contributed by atoms with Crippen LogP contribution in [0.1, 0.15) is 15.9 Å². The molecule has 0 aromatic heterocycles. The lowest BCUT2D eigenvalue weighted by atomic mass is 10.2. The number of rotatable bonds is 8. The third-order valence-corrected chi connectivity index (χ3v) is 5.04. The van der Waals surface area contributed by atoms with Crippen LogP contribution in [0.15, 0.2) is 77.3 Å². The van der Waals surface area contributed by atoms with Crippen molar-refractivity contribution in [1.29, 1.82) is 0 Å². The molecule has 0 unspecified atom stereocenters. The van der Waals surface area contributed by atoms with E-state index in [1.54, 1.807) is 42.5 Å². The molecule has 160 valence electrons. The van der Waals surface area contributed by atoms with Crippen molar-refractivity contribution in [2.45, 2.75) is 6.42 Å². The molecule has 0 fully saturated rings. The van der Waals surface area contributed by atoms with Crippen LogP contribution in [-0.4, -0.2) is 25.0 Å². The predicted octanol–water partition coefficient (Wildman–Crippen LogP) is 4.56. The van der Waals surface area contributed by atoms with Gasteiger partial charge in [-0.05, 0) is 64.0 Å². The number of nitrogens with one attached hydrogen (secondary N) is 2. The zero-order chi connectivity index (χ0) is 22.1. The highest BCUT2D eigenvalue weighted by molar-refractivity contribution is 9.10. The molecule has 0 saturated carbocycles. The zero-order valence-corrected chi connectivity index (χ0v) is 18.8. The molecule has 3 aromatic carbocycles. The summed E-state index contributed by atoms with van der Waals surface area (Å²) in [6.07, 6.45) is 0.795. The number of carbonyl (C=O) groups excluding carboxylic acids is 2. The normalized spacial score (nSPS) is 10.3. The lowest BCUT2D eigenvalue weighted by Crippen LogP contribution is -2.43. The van der Waals surface area contributed by atoms with Crippen molar-refractivity contribution in [3.05, 3.63) is 93.4 Å². The second kappa shape index (κ2) is 11.4. The SMILES string of the molecule is O=C(COc1ccc(Cl)cc1Br)NNC(=O)c1ccc(OCCc2ccccc2)cc1. The van der Waals surface area contributed by atoms with Gasteiger partial charge in [0.05, 0.1) is 11.1 Å². The van der Waals surface area contributed by atoms with Gasteiger partial charge in [-0.2, -0.15) is 0 Å². The fraction of sp³-hybridized carbons (Fsp3) is 0.130. The number of hydrogen-bond donors (Lipinski definition) is 2. The summed E-state index contributed by atoms with van der Waals surface area (Å²) in [6.45, 7) is 0.268. The summed E-state index contributed by atoms with van der Waals surface area (Å²) in [6, 6.07) is 21.7. The number of ether oxygens (including phenoxy) is 2. The first-order chi connectivity index (χ1) is 15.0. The first kappa shape index (κ1) is 22.7. The Labute approximate surface area is 193 Å². The van der Waals surface area contributed by atoms with Gasteiger partial charge in [-0.3, -0.25) is 20.4 Å². The van der Waals surface area contributed by atoms with E-state index in [0.717, 1.165) is 6.42 Å². The van der Waals surface area contributed by atoms with E-state index in [1.165, 1.54) is 5.56 Å². The van der Waals surface area contributed by atoms with E-state index >= 15 is 0 Å². The summed E-state index contributed by atoms with van der Waals surface area (Å²) in [5.74, 6) is 0.181. The van der Waals surface area contributed by atoms with Crippen LogP contribution in [0.4, 0.5) is 0 Å². The Bertz CT molecular complexity index is 1030. The van der Waals surface area contributed by atoms with Gasteiger partial charge in [0, 0.05) is 17.0 Å². The van der Waals surface area contributed by atoms with Crippen molar-refractivity contribution in [2.75, 3.05) is 13.2 Å². The lowest BCUT2D eigenvalue weighted by Gasteiger charge is -2.10. The van der Waals surface area contributed by atoms with Crippen LogP contribution in [0.3, 0.4) is 0 Å². The molecule has 0 radical (unpaired) electrons. The van der Waals surface area contributed by atoms with E-state index in [1.807, 2.05) is 30.3 Å². The number of amides is 2. The average molecular weight is 504 g/mol. The summed E-state index contributed by atoms with van der Waals surface area (Å²) in [5.41, 5.74) is 6.25. The maximum absolute atomic E-state index is 12.2. The molecule has 2 amide bonds. The molecule has 0 bridgehead atoms. The minimum absolute atomic E-state index is 0.269. The Morgan fingerprint density at radius 1 is 0.903 bits per heavy atom. The standard InChI is InChI=1S/C23H20BrClN2O4/c24-20-14-18(25)8-11-21(20)31-15-22(28)26-27-23(29)17-6-9-19(10-7-17)30-13-12-16-4-2-1-3-5-16/h1-11,14H,12-13,15H2,(H,26,28)(H,27,29). The average Bonchev–Trinajstić information content (AvgIpc) is 2.78. The molecule has 0 saturated heterocycles. The molecule has 3 rings (SSSR count). The second-order valence-corrected chi connectivity index (χ2v) is 7.76. The number of carbonyl (C=O) groups is 2. The molecule has 31 heavy (non-hydrogen) atoms. The van der Waals surface area contributed by atoms with Gasteiger partial charge in [0.1, 0.15) is 11.5 Å². The molecule has 0 aliphatic rings. The van der Waals surface area contributed by atoms with Gasteiger partial charge in [0.25, 0.3) is 11.8 Å². The molecular weight excluding hydrogens is 484 g/mol. The fourth-order valence-corrected chi connectivity index (χ4v) is 3.40. The number of hydrazine groups is 1. The largest absolute Gasteiger partial charge is 0.493 e. The van der Waals surface area contributed by atoms with Crippen molar-refractivity contribution in [3.63, 3.8) is 0 Å². The Morgan fingerprint density at radius 2 is 1.65 bits per heavy atom. The lowest BCUT2D eigenvalue weighted by molar-refractivity contribution is -0.123. The number of hydrogen-bond acceptors (Lipinski definition) is 4. The van der Waals surface area contributed by atoms with E-state index in [9.17, 15) is 9.59 Å². The van der Waals surface area contributed by atoms with Crippen molar-refractivity contribution >= 4 is 39.3 Å². The molecule has 3 aromatic rings. The minimum Gasteiger partial charge on any atom is -0.493 e. The van der Waals surface area contributed by atoms with Gasteiger partial charge in [-0.15, -0.1) is 0 Å². The molecule has 6 nitrogen and oxygen atoms in total. The summed E-state index contributed by atoms with van der Waals surface area (Å²) < 4.78 is 11.7. The molecule has 2 N–H and O–H groups in total. The van der Waals surface area contributed by atoms with Gasteiger partial charge < -0.3 is 9.47 Å². The van der Waals surface area contributed by atoms with Gasteiger partial charge in [0.15, 0.2) is 6.61 Å². The summed E-state index contributed by atoms with van der Waals surface area (Å²) >= 11 is 9.16. The van der Waals surface area contributed by atoms with Crippen molar-refractivity contribution < 1.29 is 19.1 Å². The van der Waals surface area contributed by atoms with Gasteiger partial charge in [-0.25, -0.2) is 0 Å². The number of benzene rings is 3. The summed E-state index contributed by atoms with van der Waals surface area (Å²) in [7, 11) is 0. The minimum atomic E-state index is -0.504. The molecular formula is C23H20BrClN2O4. The van der Waals surface area contributed by atoms with E-state index in [0.29, 0.717) is 33.2 Å². The summed E-state index contributed by atoms with van der Waals surface area (Å²) in [4.78, 5) is 24.1. The fourth-order valence-electron chi connectivity index (χ4n) is 2.60. The highest BCUT2D eigenvalue weighted by Gasteiger charge is 2.09. The van der Waals surface area contributed by atoms with Crippen molar-refractivity contribution in [2.24, 2.45) is 0 Å². The molecule has 0 spiro atoms.